The maximum absolute atomic E-state index is 12.5. The van der Waals surface area contributed by atoms with E-state index in [-0.39, 0.29) is 12.0 Å². The van der Waals surface area contributed by atoms with E-state index in [2.05, 4.69) is 28.2 Å². The maximum Gasteiger partial charge on any atom is 0.226 e. The van der Waals surface area contributed by atoms with Crippen LogP contribution in [0.5, 0.6) is 0 Å². The predicted molar refractivity (Wildman–Crippen MR) is 86.8 cm³/mol. The van der Waals surface area contributed by atoms with E-state index >= 15 is 0 Å². The fraction of sp³-hybridized carbons (Fsp3) is 0.706. The van der Waals surface area contributed by atoms with Crippen LogP contribution in [0.3, 0.4) is 0 Å². The van der Waals surface area contributed by atoms with Gasteiger partial charge in [0.1, 0.15) is 11.9 Å². The lowest BCUT2D eigenvalue weighted by Crippen LogP contribution is -2.42. The Kier molecular flexibility index (Phi) is 5.43. The number of aromatic nitrogens is 3. The number of aromatic amines is 1. The number of allylic oxidation sites excluding steroid dienone is 1. The number of amides is 1. The lowest BCUT2D eigenvalue weighted by Gasteiger charge is -2.32. The smallest absolute Gasteiger partial charge is 0.226 e. The number of rotatable bonds is 5. The van der Waals surface area contributed by atoms with Crippen molar-refractivity contribution in [2.45, 2.75) is 58.0 Å². The second kappa shape index (κ2) is 7.73. The van der Waals surface area contributed by atoms with Crippen molar-refractivity contribution in [1.82, 2.24) is 20.1 Å². The molecule has 0 saturated carbocycles. The molecule has 0 spiro atoms. The number of nitrogens with zero attached hydrogens (tertiary/aromatic N) is 3. The van der Waals surface area contributed by atoms with E-state index in [0.29, 0.717) is 31.9 Å². The third kappa shape index (κ3) is 4.19. The fourth-order valence-corrected chi connectivity index (χ4v) is 3.21. The summed E-state index contributed by atoms with van der Waals surface area (Å²) in [6.45, 7) is 3.87. The molecule has 23 heavy (non-hydrogen) atoms. The molecule has 0 bridgehead atoms. The van der Waals surface area contributed by atoms with E-state index in [4.69, 9.17) is 4.74 Å². The molecule has 0 radical (unpaired) electrons. The zero-order chi connectivity index (χ0) is 16.1. The summed E-state index contributed by atoms with van der Waals surface area (Å²) >= 11 is 0. The molecule has 1 aromatic rings. The van der Waals surface area contributed by atoms with Crippen LogP contribution in [0.15, 0.2) is 11.6 Å². The van der Waals surface area contributed by atoms with E-state index in [9.17, 15) is 4.79 Å². The zero-order valence-corrected chi connectivity index (χ0v) is 13.9. The molecule has 1 atom stereocenters. The van der Waals surface area contributed by atoms with Crippen LogP contribution in [0.1, 0.15) is 63.2 Å². The molecule has 2 aliphatic rings. The minimum Gasteiger partial charge on any atom is -0.366 e. The number of hydrogen-bond acceptors (Lipinski definition) is 4. The van der Waals surface area contributed by atoms with Crippen LogP contribution in [0.4, 0.5) is 0 Å². The van der Waals surface area contributed by atoms with Gasteiger partial charge in [0.15, 0.2) is 5.82 Å². The van der Waals surface area contributed by atoms with Crippen molar-refractivity contribution in [3.63, 3.8) is 0 Å². The molecule has 3 rings (SSSR count). The molecular formula is C17H26N4O2. The van der Waals surface area contributed by atoms with Gasteiger partial charge in [-0.1, -0.05) is 18.6 Å². The average Bonchev–Trinajstić information content (AvgIpc) is 3.05. The Morgan fingerprint density at radius 1 is 1.48 bits per heavy atom. The highest BCUT2D eigenvalue weighted by atomic mass is 16.5. The summed E-state index contributed by atoms with van der Waals surface area (Å²) in [5, 5.41) is 7.22. The fourth-order valence-electron chi connectivity index (χ4n) is 3.21. The second-order valence-corrected chi connectivity index (χ2v) is 6.37. The summed E-state index contributed by atoms with van der Waals surface area (Å²) < 4.78 is 5.77. The zero-order valence-electron chi connectivity index (χ0n) is 13.9. The standard InChI is InChI=1S/C17H26N4O2/c1-2-6-15-18-17(20-19-15)14-12-21(9-10-23-14)16(22)11-13-7-4-3-5-8-13/h7,14H,2-6,8-12H2,1H3,(H,18,19,20)/t14-/m0/s1. The third-order valence-electron chi connectivity index (χ3n) is 4.51. The Hall–Kier alpha value is -1.69. The predicted octanol–water partition coefficient (Wildman–Crippen LogP) is 2.55. The number of H-pyrrole nitrogens is 1. The summed E-state index contributed by atoms with van der Waals surface area (Å²) in [6, 6.07) is 0. The molecular weight excluding hydrogens is 292 g/mol. The summed E-state index contributed by atoms with van der Waals surface area (Å²) in [5.74, 6) is 1.76. The van der Waals surface area contributed by atoms with Gasteiger partial charge in [-0.3, -0.25) is 9.89 Å². The molecule has 126 valence electrons. The molecule has 1 N–H and O–H groups in total. The lowest BCUT2D eigenvalue weighted by atomic mass is 9.97. The van der Waals surface area contributed by atoms with Crippen molar-refractivity contribution in [2.24, 2.45) is 0 Å². The van der Waals surface area contributed by atoms with Gasteiger partial charge in [-0.25, -0.2) is 4.98 Å². The number of morpholine rings is 1. The summed E-state index contributed by atoms with van der Waals surface area (Å²) in [4.78, 5) is 18.9. The topological polar surface area (TPSA) is 71.1 Å². The monoisotopic (exact) mass is 318 g/mol. The number of ether oxygens (including phenoxy) is 1. The van der Waals surface area contributed by atoms with Crippen molar-refractivity contribution >= 4 is 5.91 Å². The molecule has 6 heteroatoms. The van der Waals surface area contributed by atoms with E-state index < -0.39 is 0 Å². The van der Waals surface area contributed by atoms with Gasteiger partial charge in [-0.05, 0) is 32.1 Å². The highest BCUT2D eigenvalue weighted by molar-refractivity contribution is 5.78. The molecule has 1 amide bonds. The van der Waals surface area contributed by atoms with Crippen LogP contribution in [0.2, 0.25) is 0 Å². The van der Waals surface area contributed by atoms with Gasteiger partial charge in [0.25, 0.3) is 0 Å². The van der Waals surface area contributed by atoms with Crippen molar-refractivity contribution in [3.8, 4) is 0 Å². The minimum absolute atomic E-state index is 0.204. The van der Waals surface area contributed by atoms with Crippen molar-refractivity contribution in [1.29, 1.82) is 0 Å². The van der Waals surface area contributed by atoms with E-state index in [1.54, 1.807) is 0 Å². The first-order valence-electron chi connectivity index (χ1n) is 8.74. The van der Waals surface area contributed by atoms with Crippen LogP contribution in [-0.2, 0) is 16.0 Å². The van der Waals surface area contributed by atoms with Crippen molar-refractivity contribution < 1.29 is 9.53 Å². The van der Waals surface area contributed by atoms with Crippen LogP contribution in [-0.4, -0.2) is 45.7 Å². The van der Waals surface area contributed by atoms with Crippen molar-refractivity contribution in [3.05, 3.63) is 23.3 Å². The lowest BCUT2D eigenvalue weighted by molar-refractivity contribution is -0.138. The number of aryl methyl sites for hydroxylation is 1. The van der Waals surface area contributed by atoms with E-state index in [1.165, 1.54) is 18.4 Å². The first-order valence-corrected chi connectivity index (χ1v) is 8.74. The Morgan fingerprint density at radius 3 is 3.17 bits per heavy atom. The first-order chi connectivity index (χ1) is 11.3. The van der Waals surface area contributed by atoms with Crippen LogP contribution in [0, 0.1) is 0 Å². The van der Waals surface area contributed by atoms with Gasteiger partial charge in [0.05, 0.1) is 13.2 Å². The molecule has 1 aliphatic heterocycles. The van der Waals surface area contributed by atoms with Gasteiger partial charge >= 0.3 is 0 Å². The maximum atomic E-state index is 12.5. The Labute approximate surface area is 137 Å². The number of hydrogen-bond donors (Lipinski definition) is 1. The largest absolute Gasteiger partial charge is 0.366 e. The normalized spacial score (nSPS) is 22.0. The SMILES string of the molecule is CCCc1nc([C@@H]2CN(C(=O)CC3=CCCCC3)CCO2)n[nH]1. The molecule has 0 unspecified atom stereocenters. The Morgan fingerprint density at radius 2 is 2.39 bits per heavy atom. The van der Waals surface area contributed by atoms with E-state index in [1.807, 2.05) is 4.90 Å². The van der Waals surface area contributed by atoms with Gasteiger partial charge in [-0.2, -0.15) is 5.10 Å². The number of nitrogens with one attached hydrogen (secondary N) is 1. The van der Waals surface area contributed by atoms with Gasteiger partial charge in [-0.15, -0.1) is 0 Å². The highest BCUT2D eigenvalue weighted by Gasteiger charge is 2.28. The quantitative estimate of drug-likeness (QED) is 0.847. The highest BCUT2D eigenvalue weighted by Crippen LogP contribution is 2.24. The minimum atomic E-state index is -0.213. The average molecular weight is 318 g/mol. The van der Waals surface area contributed by atoms with Gasteiger partial charge in [0, 0.05) is 19.4 Å². The Balaban J connectivity index is 1.58. The molecule has 1 aliphatic carbocycles. The molecule has 1 aromatic heterocycles. The number of carbonyl (C=O) groups excluding carboxylic acids is 1. The summed E-state index contributed by atoms with van der Waals surface area (Å²) in [7, 11) is 0. The van der Waals surface area contributed by atoms with Gasteiger partial charge in [0.2, 0.25) is 5.91 Å². The molecule has 0 aromatic carbocycles. The molecule has 6 nitrogen and oxygen atoms in total. The first kappa shape index (κ1) is 16.2. The van der Waals surface area contributed by atoms with E-state index in [0.717, 1.165) is 31.5 Å². The van der Waals surface area contributed by atoms with Gasteiger partial charge < -0.3 is 9.64 Å². The van der Waals surface area contributed by atoms with Crippen LogP contribution in [0.25, 0.3) is 0 Å². The van der Waals surface area contributed by atoms with Crippen LogP contribution < -0.4 is 0 Å². The number of carbonyl (C=O) groups is 1. The second-order valence-electron chi connectivity index (χ2n) is 6.37. The summed E-state index contributed by atoms with van der Waals surface area (Å²) in [5.41, 5.74) is 1.30. The van der Waals surface area contributed by atoms with Crippen molar-refractivity contribution in [2.75, 3.05) is 19.7 Å². The summed E-state index contributed by atoms with van der Waals surface area (Å²) in [6.07, 6.45) is 9.15. The third-order valence-corrected chi connectivity index (χ3v) is 4.51. The molecule has 1 saturated heterocycles. The van der Waals surface area contributed by atoms with Crippen LogP contribution >= 0.6 is 0 Å². The molecule has 1 fully saturated rings. The Bertz CT molecular complexity index is 567. The molecule has 2 heterocycles.